The summed E-state index contributed by atoms with van der Waals surface area (Å²) in [6, 6.07) is 0. The number of thioether (sulfide) groups is 1. The standard InChI is InChI=1S/C6H12NO2S2/c1-2-11(8,9)7-3-5-10-6-4-7/h1-6H2. The van der Waals surface area contributed by atoms with Crippen LogP contribution in [0.4, 0.5) is 0 Å². The molecule has 1 aliphatic heterocycles. The van der Waals surface area contributed by atoms with Crippen molar-refractivity contribution in [2.75, 3.05) is 30.3 Å². The van der Waals surface area contributed by atoms with Crippen LogP contribution in [-0.2, 0) is 10.0 Å². The Hall–Kier alpha value is 0.260. The molecule has 0 spiro atoms. The van der Waals surface area contributed by atoms with Crippen LogP contribution in [0, 0.1) is 6.92 Å². The van der Waals surface area contributed by atoms with Gasteiger partial charge in [-0.1, -0.05) is 0 Å². The smallest absolute Gasteiger partial charge is 0.212 e. The van der Waals surface area contributed by atoms with Gasteiger partial charge in [-0.15, -0.1) is 0 Å². The number of hydrogen-bond donors (Lipinski definition) is 0. The fraction of sp³-hybridized carbons (Fsp3) is 0.833. The Kier molecular flexibility index (Phi) is 3.21. The van der Waals surface area contributed by atoms with Crippen molar-refractivity contribution in [1.82, 2.24) is 4.31 Å². The first-order valence-electron chi connectivity index (χ1n) is 3.51. The number of nitrogens with zero attached hydrogens (tertiary/aromatic N) is 1. The minimum atomic E-state index is -3.01. The molecule has 1 rings (SSSR count). The molecule has 0 aromatic heterocycles. The summed E-state index contributed by atoms with van der Waals surface area (Å²) in [5, 5.41) is 0. The zero-order valence-corrected chi connectivity index (χ0v) is 7.96. The summed E-state index contributed by atoms with van der Waals surface area (Å²) >= 11 is 1.80. The van der Waals surface area contributed by atoms with Gasteiger partial charge in [0.2, 0.25) is 10.0 Å². The highest BCUT2D eigenvalue weighted by atomic mass is 32.2. The second kappa shape index (κ2) is 3.78. The van der Waals surface area contributed by atoms with Gasteiger partial charge in [0.15, 0.2) is 0 Å². The zero-order valence-electron chi connectivity index (χ0n) is 6.32. The van der Waals surface area contributed by atoms with E-state index in [4.69, 9.17) is 0 Å². The number of hydrogen-bond acceptors (Lipinski definition) is 3. The van der Waals surface area contributed by atoms with E-state index in [2.05, 4.69) is 6.92 Å². The van der Waals surface area contributed by atoms with Crippen LogP contribution in [0.1, 0.15) is 0 Å². The minimum Gasteiger partial charge on any atom is -0.212 e. The van der Waals surface area contributed by atoms with Crippen molar-refractivity contribution in [3.8, 4) is 0 Å². The SMILES string of the molecule is [CH2]CS(=O)(=O)N1CCSCC1. The molecule has 3 nitrogen and oxygen atoms in total. The van der Waals surface area contributed by atoms with Gasteiger partial charge in [-0.05, 0) is 6.92 Å². The number of sulfonamides is 1. The summed E-state index contributed by atoms with van der Waals surface area (Å²) < 4.78 is 23.9. The van der Waals surface area contributed by atoms with E-state index in [1.807, 2.05) is 0 Å². The Morgan fingerprint density at radius 3 is 2.36 bits per heavy atom. The van der Waals surface area contributed by atoms with E-state index in [0.717, 1.165) is 11.5 Å². The third-order valence-electron chi connectivity index (χ3n) is 1.62. The fourth-order valence-corrected chi connectivity index (χ4v) is 3.09. The summed E-state index contributed by atoms with van der Waals surface area (Å²) in [4.78, 5) is 0. The molecule has 0 atom stereocenters. The van der Waals surface area contributed by atoms with Crippen LogP contribution >= 0.6 is 11.8 Å². The average Bonchev–Trinajstić information content (AvgIpc) is 2.06. The second-order valence-corrected chi connectivity index (χ2v) is 5.64. The topological polar surface area (TPSA) is 37.4 Å². The van der Waals surface area contributed by atoms with Crippen LogP contribution in [-0.4, -0.2) is 43.1 Å². The van der Waals surface area contributed by atoms with Gasteiger partial charge in [-0.2, -0.15) is 11.8 Å². The molecule has 0 aliphatic carbocycles. The summed E-state index contributed by atoms with van der Waals surface area (Å²) in [5.74, 6) is 1.82. The molecule has 0 amide bonds. The average molecular weight is 194 g/mol. The molecule has 11 heavy (non-hydrogen) atoms. The Morgan fingerprint density at radius 2 is 1.91 bits per heavy atom. The van der Waals surface area contributed by atoms with Gasteiger partial charge in [0.1, 0.15) is 0 Å². The summed E-state index contributed by atoms with van der Waals surface area (Å²) in [6.45, 7) is 4.71. The van der Waals surface area contributed by atoms with E-state index in [9.17, 15) is 8.42 Å². The summed E-state index contributed by atoms with van der Waals surface area (Å²) in [7, 11) is -3.01. The first-order valence-corrected chi connectivity index (χ1v) is 6.28. The van der Waals surface area contributed by atoms with Crippen molar-refractivity contribution in [3.63, 3.8) is 0 Å². The molecular weight excluding hydrogens is 182 g/mol. The fourth-order valence-electron chi connectivity index (χ4n) is 0.954. The Balaban J connectivity index is 2.58. The summed E-state index contributed by atoms with van der Waals surface area (Å²) in [6.07, 6.45) is 0. The molecule has 0 N–H and O–H groups in total. The normalized spacial score (nSPS) is 21.9. The minimum absolute atomic E-state index is 0.0162. The van der Waals surface area contributed by atoms with Gasteiger partial charge < -0.3 is 0 Å². The van der Waals surface area contributed by atoms with Gasteiger partial charge in [-0.25, -0.2) is 12.7 Å². The van der Waals surface area contributed by atoms with E-state index >= 15 is 0 Å². The van der Waals surface area contributed by atoms with E-state index in [-0.39, 0.29) is 5.75 Å². The third kappa shape index (κ3) is 2.35. The maximum atomic E-state index is 11.2. The van der Waals surface area contributed by atoms with Crippen LogP contribution < -0.4 is 0 Å². The van der Waals surface area contributed by atoms with Crippen molar-refractivity contribution in [3.05, 3.63) is 6.92 Å². The molecule has 1 saturated heterocycles. The van der Waals surface area contributed by atoms with Crippen LogP contribution in [0.3, 0.4) is 0 Å². The molecule has 0 bridgehead atoms. The Labute approximate surface area is 72.2 Å². The van der Waals surface area contributed by atoms with Gasteiger partial charge in [-0.3, -0.25) is 0 Å². The van der Waals surface area contributed by atoms with E-state index in [0.29, 0.717) is 13.1 Å². The van der Waals surface area contributed by atoms with Gasteiger partial charge in [0.05, 0.1) is 5.75 Å². The first kappa shape index (κ1) is 9.35. The van der Waals surface area contributed by atoms with Crippen molar-refractivity contribution < 1.29 is 8.42 Å². The van der Waals surface area contributed by atoms with E-state index in [1.165, 1.54) is 4.31 Å². The molecule has 0 aromatic carbocycles. The quantitative estimate of drug-likeness (QED) is 0.630. The van der Waals surface area contributed by atoms with E-state index < -0.39 is 10.0 Å². The molecule has 1 heterocycles. The summed E-state index contributed by atoms with van der Waals surface area (Å²) in [5.41, 5.74) is 0. The predicted molar refractivity (Wildman–Crippen MR) is 48.0 cm³/mol. The van der Waals surface area contributed by atoms with Crippen molar-refractivity contribution >= 4 is 21.8 Å². The maximum absolute atomic E-state index is 11.2. The van der Waals surface area contributed by atoms with Crippen LogP contribution in [0.15, 0.2) is 0 Å². The maximum Gasteiger partial charge on any atom is 0.214 e. The zero-order chi connectivity index (χ0) is 8.32. The van der Waals surface area contributed by atoms with Gasteiger partial charge >= 0.3 is 0 Å². The largest absolute Gasteiger partial charge is 0.214 e. The number of rotatable bonds is 2. The highest BCUT2D eigenvalue weighted by molar-refractivity contribution is 7.99. The van der Waals surface area contributed by atoms with Gasteiger partial charge in [0, 0.05) is 24.6 Å². The molecule has 5 heteroatoms. The molecule has 65 valence electrons. The Bertz CT molecular complexity index is 207. The van der Waals surface area contributed by atoms with Crippen molar-refractivity contribution in [1.29, 1.82) is 0 Å². The first-order chi connectivity index (χ1) is 5.17. The van der Waals surface area contributed by atoms with Crippen LogP contribution in [0.25, 0.3) is 0 Å². The molecule has 1 fully saturated rings. The third-order valence-corrected chi connectivity index (χ3v) is 4.23. The second-order valence-electron chi connectivity index (χ2n) is 2.33. The molecule has 0 unspecified atom stereocenters. The van der Waals surface area contributed by atoms with Crippen LogP contribution in [0.2, 0.25) is 0 Å². The van der Waals surface area contributed by atoms with Crippen LogP contribution in [0.5, 0.6) is 0 Å². The lowest BCUT2D eigenvalue weighted by atomic mass is 10.6. The lowest BCUT2D eigenvalue weighted by molar-refractivity contribution is 0.446. The predicted octanol–water partition coefficient (Wildman–Crippen LogP) is 0.199. The molecule has 1 aliphatic rings. The monoisotopic (exact) mass is 194 g/mol. The van der Waals surface area contributed by atoms with Crippen molar-refractivity contribution in [2.45, 2.75) is 0 Å². The molecular formula is C6H12NO2S2. The highest BCUT2D eigenvalue weighted by Gasteiger charge is 2.21. The molecule has 1 radical (unpaired) electrons. The lowest BCUT2D eigenvalue weighted by Crippen LogP contribution is -2.38. The Morgan fingerprint density at radius 1 is 1.36 bits per heavy atom. The van der Waals surface area contributed by atoms with Gasteiger partial charge in [0.25, 0.3) is 0 Å². The van der Waals surface area contributed by atoms with Crippen molar-refractivity contribution in [2.24, 2.45) is 0 Å². The molecule has 0 aromatic rings. The lowest BCUT2D eigenvalue weighted by Gasteiger charge is -2.24. The molecule has 0 saturated carbocycles. The highest BCUT2D eigenvalue weighted by Crippen LogP contribution is 2.12. The van der Waals surface area contributed by atoms with E-state index in [1.54, 1.807) is 11.8 Å².